The molecule has 1 aromatic heterocycles. The summed E-state index contributed by atoms with van der Waals surface area (Å²) in [5.41, 5.74) is -0.807. The Morgan fingerprint density at radius 3 is 2.89 bits per heavy atom. The number of halogens is 3. The van der Waals surface area contributed by atoms with E-state index in [0.717, 1.165) is 42.6 Å². The standard InChI is InChI=1S/C11H15F3N2OS/c12-11(13,14)9-7-18-10(15-9)5-16-3-1-2-8(4-16)6-17/h7-8,17H,1-6H2. The van der Waals surface area contributed by atoms with Crippen molar-refractivity contribution in [1.82, 2.24) is 9.88 Å². The molecular weight excluding hydrogens is 265 g/mol. The van der Waals surface area contributed by atoms with E-state index >= 15 is 0 Å². The lowest BCUT2D eigenvalue weighted by atomic mass is 9.99. The van der Waals surface area contributed by atoms with E-state index in [0.29, 0.717) is 11.6 Å². The smallest absolute Gasteiger partial charge is 0.396 e. The zero-order valence-corrected chi connectivity index (χ0v) is 10.6. The topological polar surface area (TPSA) is 36.4 Å². The van der Waals surface area contributed by atoms with E-state index in [-0.39, 0.29) is 12.5 Å². The minimum atomic E-state index is -4.36. The molecule has 102 valence electrons. The number of nitrogens with zero attached hydrogens (tertiary/aromatic N) is 2. The fraction of sp³-hybridized carbons (Fsp3) is 0.727. The number of likely N-dealkylation sites (tertiary alicyclic amines) is 1. The highest BCUT2D eigenvalue weighted by Gasteiger charge is 2.33. The summed E-state index contributed by atoms with van der Waals surface area (Å²) in [6, 6.07) is 0. The Bertz CT molecular complexity index is 394. The van der Waals surface area contributed by atoms with Gasteiger partial charge < -0.3 is 5.11 Å². The first kappa shape index (κ1) is 13.8. The highest BCUT2D eigenvalue weighted by molar-refractivity contribution is 7.09. The van der Waals surface area contributed by atoms with Gasteiger partial charge in [0.2, 0.25) is 0 Å². The van der Waals surface area contributed by atoms with Crippen molar-refractivity contribution >= 4 is 11.3 Å². The molecule has 2 heterocycles. The molecule has 1 atom stereocenters. The van der Waals surface area contributed by atoms with Gasteiger partial charge in [-0.3, -0.25) is 4.90 Å². The maximum Gasteiger partial charge on any atom is 0.434 e. The summed E-state index contributed by atoms with van der Waals surface area (Å²) in [6.45, 7) is 2.17. The van der Waals surface area contributed by atoms with Crippen LogP contribution >= 0.6 is 11.3 Å². The first-order valence-corrected chi connectivity index (χ1v) is 6.72. The minimum Gasteiger partial charge on any atom is -0.396 e. The van der Waals surface area contributed by atoms with Crippen LogP contribution in [0.5, 0.6) is 0 Å². The van der Waals surface area contributed by atoms with Gasteiger partial charge in [0, 0.05) is 18.5 Å². The Kier molecular flexibility index (Phi) is 4.24. The van der Waals surface area contributed by atoms with Crippen LogP contribution in [-0.4, -0.2) is 34.7 Å². The molecule has 1 saturated heterocycles. The zero-order valence-electron chi connectivity index (χ0n) is 9.78. The quantitative estimate of drug-likeness (QED) is 0.923. The lowest BCUT2D eigenvalue weighted by molar-refractivity contribution is -0.140. The van der Waals surface area contributed by atoms with E-state index in [9.17, 15) is 13.2 Å². The maximum atomic E-state index is 12.4. The second-order valence-electron chi connectivity index (χ2n) is 4.55. The second kappa shape index (κ2) is 5.54. The molecule has 0 spiro atoms. The Balaban J connectivity index is 1.95. The van der Waals surface area contributed by atoms with Crippen molar-refractivity contribution < 1.29 is 18.3 Å². The van der Waals surface area contributed by atoms with Crippen molar-refractivity contribution in [3.8, 4) is 0 Å². The van der Waals surface area contributed by atoms with Crippen LogP contribution in [0.2, 0.25) is 0 Å². The van der Waals surface area contributed by atoms with Crippen LogP contribution in [0.15, 0.2) is 5.38 Å². The third-order valence-corrected chi connectivity index (χ3v) is 3.90. The average molecular weight is 280 g/mol. The van der Waals surface area contributed by atoms with Gasteiger partial charge in [-0.05, 0) is 25.3 Å². The highest BCUT2D eigenvalue weighted by Crippen LogP contribution is 2.30. The first-order chi connectivity index (χ1) is 8.49. The number of thiazole rings is 1. The highest BCUT2D eigenvalue weighted by atomic mass is 32.1. The molecule has 1 aliphatic rings. The summed E-state index contributed by atoms with van der Waals surface area (Å²) in [5.74, 6) is 0.237. The Labute approximate surface area is 107 Å². The minimum absolute atomic E-state index is 0.141. The van der Waals surface area contributed by atoms with Crippen molar-refractivity contribution in [2.75, 3.05) is 19.7 Å². The molecular formula is C11H15F3N2OS. The molecule has 1 aromatic rings. The summed E-state index contributed by atoms with van der Waals surface area (Å²) >= 11 is 1.04. The monoisotopic (exact) mass is 280 g/mol. The number of aliphatic hydroxyl groups excluding tert-OH is 1. The predicted molar refractivity (Wildman–Crippen MR) is 62.2 cm³/mol. The van der Waals surface area contributed by atoms with Crippen molar-refractivity contribution in [1.29, 1.82) is 0 Å². The Morgan fingerprint density at radius 1 is 1.50 bits per heavy atom. The largest absolute Gasteiger partial charge is 0.434 e. The number of piperidine rings is 1. The summed E-state index contributed by atoms with van der Waals surface area (Å²) in [5, 5.41) is 10.6. The first-order valence-electron chi connectivity index (χ1n) is 5.84. The summed E-state index contributed by atoms with van der Waals surface area (Å²) < 4.78 is 37.2. The molecule has 0 aromatic carbocycles. The molecule has 1 fully saturated rings. The molecule has 1 aliphatic heterocycles. The third kappa shape index (κ3) is 3.43. The van der Waals surface area contributed by atoms with Crippen LogP contribution in [0.4, 0.5) is 13.2 Å². The van der Waals surface area contributed by atoms with Gasteiger partial charge >= 0.3 is 6.18 Å². The fourth-order valence-corrected chi connectivity index (χ4v) is 2.99. The third-order valence-electron chi connectivity index (χ3n) is 3.06. The predicted octanol–water partition coefficient (Wildman–Crippen LogP) is 2.37. The van der Waals surface area contributed by atoms with Crippen LogP contribution in [0.25, 0.3) is 0 Å². The SMILES string of the molecule is OCC1CCCN(Cc2nc(C(F)(F)F)cs2)C1. The molecule has 0 bridgehead atoms. The molecule has 0 amide bonds. The van der Waals surface area contributed by atoms with Crippen molar-refractivity contribution in [2.45, 2.75) is 25.6 Å². The molecule has 2 rings (SSSR count). The van der Waals surface area contributed by atoms with E-state index in [2.05, 4.69) is 9.88 Å². The molecule has 0 saturated carbocycles. The second-order valence-corrected chi connectivity index (χ2v) is 5.49. The van der Waals surface area contributed by atoms with E-state index in [1.807, 2.05) is 0 Å². The Morgan fingerprint density at radius 2 is 2.28 bits per heavy atom. The number of hydrogen-bond acceptors (Lipinski definition) is 4. The van der Waals surface area contributed by atoms with E-state index < -0.39 is 11.9 Å². The molecule has 18 heavy (non-hydrogen) atoms. The van der Waals surface area contributed by atoms with Gasteiger partial charge in [-0.2, -0.15) is 13.2 Å². The van der Waals surface area contributed by atoms with Gasteiger partial charge in [-0.15, -0.1) is 11.3 Å². The molecule has 1 unspecified atom stereocenters. The molecule has 7 heteroatoms. The lowest BCUT2D eigenvalue weighted by Crippen LogP contribution is -2.36. The van der Waals surface area contributed by atoms with Crippen molar-refractivity contribution in [2.24, 2.45) is 5.92 Å². The number of alkyl halides is 3. The average Bonchev–Trinajstić information content (AvgIpc) is 2.77. The van der Waals surface area contributed by atoms with Crippen LogP contribution in [0.1, 0.15) is 23.5 Å². The van der Waals surface area contributed by atoms with Gasteiger partial charge in [0.1, 0.15) is 5.01 Å². The number of aliphatic hydroxyl groups is 1. The van der Waals surface area contributed by atoms with Gasteiger partial charge in [-0.25, -0.2) is 4.98 Å². The molecule has 3 nitrogen and oxygen atoms in total. The number of aromatic nitrogens is 1. The van der Waals surface area contributed by atoms with Crippen LogP contribution in [0, 0.1) is 5.92 Å². The van der Waals surface area contributed by atoms with Crippen LogP contribution in [-0.2, 0) is 12.7 Å². The van der Waals surface area contributed by atoms with Gasteiger partial charge in [-0.1, -0.05) is 0 Å². The van der Waals surface area contributed by atoms with Crippen LogP contribution < -0.4 is 0 Å². The molecule has 0 aliphatic carbocycles. The van der Waals surface area contributed by atoms with E-state index in [1.54, 1.807) is 0 Å². The van der Waals surface area contributed by atoms with Gasteiger partial charge in [0.05, 0.1) is 6.54 Å². The molecule has 1 N–H and O–H groups in total. The van der Waals surface area contributed by atoms with Gasteiger partial charge in [0.15, 0.2) is 5.69 Å². The van der Waals surface area contributed by atoms with Crippen molar-refractivity contribution in [3.63, 3.8) is 0 Å². The van der Waals surface area contributed by atoms with E-state index in [1.165, 1.54) is 0 Å². The van der Waals surface area contributed by atoms with E-state index in [4.69, 9.17) is 5.11 Å². The van der Waals surface area contributed by atoms with Crippen LogP contribution in [0.3, 0.4) is 0 Å². The zero-order chi connectivity index (χ0) is 13.2. The summed E-state index contributed by atoms with van der Waals surface area (Å²) in [6.07, 6.45) is -2.40. The molecule has 0 radical (unpaired) electrons. The van der Waals surface area contributed by atoms with Gasteiger partial charge in [0.25, 0.3) is 0 Å². The van der Waals surface area contributed by atoms with Crippen molar-refractivity contribution in [3.05, 3.63) is 16.1 Å². The maximum absolute atomic E-state index is 12.4. The number of rotatable bonds is 3. The Hall–Kier alpha value is -0.660. The summed E-state index contributed by atoms with van der Waals surface area (Å²) in [4.78, 5) is 5.67. The summed E-state index contributed by atoms with van der Waals surface area (Å²) in [7, 11) is 0. The fourth-order valence-electron chi connectivity index (χ4n) is 2.15. The number of hydrogen-bond donors (Lipinski definition) is 1. The normalized spacial score (nSPS) is 22.3. The lowest BCUT2D eigenvalue weighted by Gasteiger charge is -2.30.